The molecule has 0 aliphatic carbocycles. The minimum Gasteiger partial charge on any atom is -1.00 e. The van der Waals surface area contributed by atoms with Crippen LogP contribution in [0.15, 0.2) is 53.5 Å². The Kier molecular flexibility index (Phi) is 8.55. The van der Waals surface area contributed by atoms with E-state index in [-0.39, 0.29) is 12.4 Å². The largest absolute Gasteiger partial charge is 1.00 e. The summed E-state index contributed by atoms with van der Waals surface area (Å²) in [6.45, 7) is 13.3. The van der Waals surface area contributed by atoms with Crippen LogP contribution in [0, 0.1) is 41.5 Å². The monoisotopic (exact) mass is 454 g/mol. The van der Waals surface area contributed by atoms with Crippen molar-refractivity contribution in [2.24, 2.45) is 4.99 Å². The lowest BCUT2D eigenvalue weighted by atomic mass is 10.0. The Balaban J connectivity index is 0.00000341. The van der Waals surface area contributed by atoms with Crippen molar-refractivity contribution >= 4 is 28.9 Å². The SMILES string of the molecule is Cc1cc(C)c(NC(=NCc2ccc(Cl)cc2)Nc2c(C)cc(C)cc2C)c(C)c1.[Cl-]. The third-order valence-corrected chi connectivity index (χ3v) is 5.43. The highest BCUT2D eigenvalue weighted by Crippen LogP contribution is 2.25. The van der Waals surface area contributed by atoms with Gasteiger partial charge in [-0.25, -0.2) is 4.99 Å². The van der Waals surface area contributed by atoms with Crippen LogP contribution in [0.3, 0.4) is 0 Å². The van der Waals surface area contributed by atoms with Crippen LogP contribution in [-0.4, -0.2) is 5.96 Å². The number of benzene rings is 3. The number of hydrogen-bond acceptors (Lipinski definition) is 1. The van der Waals surface area contributed by atoms with Gasteiger partial charge in [0.1, 0.15) is 0 Å². The fraction of sp³-hybridized carbons (Fsp3) is 0.269. The molecule has 0 fully saturated rings. The van der Waals surface area contributed by atoms with Crippen molar-refractivity contribution in [1.29, 1.82) is 0 Å². The summed E-state index contributed by atoms with van der Waals surface area (Å²) in [5.41, 5.74) is 10.6. The van der Waals surface area contributed by atoms with Gasteiger partial charge < -0.3 is 23.0 Å². The molecule has 3 aromatic carbocycles. The normalized spacial score (nSPS) is 10.3. The average Bonchev–Trinajstić information content (AvgIpc) is 2.66. The van der Waals surface area contributed by atoms with Gasteiger partial charge in [0.25, 0.3) is 0 Å². The van der Waals surface area contributed by atoms with Gasteiger partial charge in [0.15, 0.2) is 0 Å². The minimum atomic E-state index is 0. The van der Waals surface area contributed by atoms with E-state index in [1.165, 1.54) is 33.4 Å². The minimum absolute atomic E-state index is 0. The van der Waals surface area contributed by atoms with E-state index in [1.54, 1.807) is 0 Å². The Hall–Kier alpha value is -2.49. The van der Waals surface area contributed by atoms with E-state index >= 15 is 0 Å². The Morgan fingerprint density at radius 2 is 1.10 bits per heavy atom. The quantitative estimate of drug-likeness (QED) is 0.455. The van der Waals surface area contributed by atoms with Crippen molar-refractivity contribution < 1.29 is 12.4 Å². The third kappa shape index (κ3) is 6.49. The van der Waals surface area contributed by atoms with E-state index in [4.69, 9.17) is 16.6 Å². The number of rotatable bonds is 4. The smallest absolute Gasteiger partial charge is 0.200 e. The van der Waals surface area contributed by atoms with Crippen molar-refractivity contribution in [3.05, 3.63) is 92.5 Å². The number of nitrogens with one attached hydrogen (secondary N) is 2. The molecule has 0 heterocycles. The van der Waals surface area contributed by atoms with E-state index in [2.05, 4.69) is 76.4 Å². The van der Waals surface area contributed by atoms with Crippen molar-refractivity contribution in [2.75, 3.05) is 10.6 Å². The molecule has 5 heteroatoms. The van der Waals surface area contributed by atoms with Gasteiger partial charge in [-0.3, -0.25) is 0 Å². The molecule has 0 unspecified atom stereocenters. The number of aryl methyl sites for hydroxylation is 6. The molecule has 0 saturated carbocycles. The lowest BCUT2D eigenvalue weighted by molar-refractivity contribution is -0.00000640. The highest BCUT2D eigenvalue weighted by atomic mass is 35.5. The molecule has 0 atom stereocenters. The van der Waals surface area contributed by atoms with E-state index < -0.39 is 0 Å². The molecule has 3 nitrogen and oxygen atoms in total. The maximum atomic E-state index is 6.02. The molecule has 2 N–H and O–H groups in total. The second-order valence-corrected chi connectivity index (χ2v) is 8.53. The first kappa shape index (κ1) is 24.8. The summed E-state index contributed by atoms with van der Waals surface area (Å²) in [5, 5.41) is 7.84. The maximum Gasteiger partial charge on any atom is 0.200 e. The summed E-state index contributed by atoms with van der Waals surface area (Å²) >= 11 is 6.02. The summed E-state index contributed by atoms with van der Waals surface area (Å²) in [5.74, 6) is 0.732. The van der Waals surface area contributed by atoms with Crippen LogP contribution in [0.5, 0.6) is 0 Å². The maximum absolute atomic E-state index is 6.02. The topological polar surface area (TPSA) is 36.4 Å². The van der Waals surface area contributed by atoms with Gasteiger partial charge in [-0.1, -0.05) is 59.1 Å². The van der Waals surface area contributed by atoms with E-state index in [1.807, 2.05) is 24.3 Å². The summed E-state index contributed by atoms with van der Waals surface area (Å²) in [7, 11) is 0. The summed E-state index contributed by atoms with van der Waals surface area (Å²) < 4.78 is 0. The molecule has 0 aliphatic heterocycles. The average molecular weight is 455 g/mol. The highest BCUT2D eigenvalue weighted by molar-refractivity contribution is 6.30. The predicted molar refractivity (Wildman–Crippen MR) is 131 cm³/mol. The number of hydrogen-bond donors (Lipinski definition) is 2. The first-order chi connectivity index (χ1) is 14.2. The molecular formula is C26H30Cl2N3-. The van der Waals surface area contributed by atoms with Crippen LogP contribution in [0.25, 0.3) is 0 Å². The Labute approximate surface area is 197 Å². The zero-order valence-electron chi connectivity index (χ0n) is 19.0. The molecule has 0 bridgehead atoms. The van der Waals surface area contributed by atoms with Crippen molar-refractivity contribution in [3.8, 4) is 0 Å². The Bertz CT molecular complexity index is 979. The van der Waals surface area contributed by atoms with E-state index in [0.717, 1.165) is 27.9 Å². The molecule has 3 rings (SSSR count). The van der Waals surface area contributed by atoms with Gasteiger partial charge in [0, 0.05) is 16.4 Å². The summed E-state index contributed by atoms with van der Waals surface area (Å²) in [6.07, 6.45) is 0. The molecule has 164 valence electrons. The second-order valence-electron chi connectivity index (χ2n) is 8.09. The van der Waals surface area contributed by atoms with Crippen LogP contribution in [0.4, 0.5) is 11.4 Å². The standard InChI is InChI=1S/C26H30ClN3.ClH/c1-16-11-18(3)24(19(4)12-16)29-26(28-15-22-7-9-23(27)10-8-22)30-25-20(5)13-17(2)14-21(25)6;/h7-14H,15H2,1-6H3,(H2,28,29,30);1H/p-1. The predicted octanol–water partition coefficient (Wildman–Crippen LogP) is 4.27. The Morgan fingerprint density at radius 1 is 0.710 bits per heavy atom. The molecule has 31 heavy (non-hydrogen) atoms. The zero-order valence-corrected chi connectivity index (χ0v) is 20.5. The molecule has 0 spiro atoms. The first-order valence-electron chi connectivity index (χ1n) is 10.2. The van der Waals surface area contributed by atoms with Crippen LogP contribution in [-0.2, 0) is 6.54 Å². The van der Waals surface area contributed by atoms with E-state index in [0.29, 0.717) is 6.54 Å². The molecule has 0 saturated heterocycles. The van der Waals surface area contributed by atoms with Crippen molar-refractivity contribution in [2.45, 2.75) is 48.1 Å². The number of nitrogens with zero attached hydrogens (tertiary/aromatic N) is 1. The number of halogens is 2. The molecular weight excluding hydrogens is 425 g/mol. The van der Waals surface area contributed by atoms with Crippen LogP contribution < -0.4 is 23.0 Å². The van der Waals surface area contributed by atoms with Crippen LogP contribution in [0.2, 0.25) is 5.02 Å². The second kappa shape index (κ2) is 10.7. The van der Waals surface area contributed by atoms with Gasteiger partial charge >= 0.3 is 0 Å². The van der Waals surface area contributed by atoms with Gasteiger partial charge in [-0.15, -0.1) is 0 Å². The number of anilines is 2. The summed E-state index contributed by atoms with van der Waals surface area (Å²) in [4.78, 5) is 4.87. The third-order valence-electron chi connectivity index (χ3n) is 5.17. The van der Waals surface area contributed by atoms with E-state index in [9.17, 15) is 0 Å². The van der Waals surface area contributed by atoms with Crippen LogP contribution in [0.1, 0.15) is 38.9 Å². The first-order valence-corrected chi connectivity index (χ1v) is 10.6. The van der Waals surface area contributed by atoms with Gasteiger partial charge in [0.2, 0.25) is 5.96 Å². The number of aliphatic imine (C=N–C) groups is 1. The van der Waals surface area contributed by atoms with Gasteiger partial charge in [0.05, 0.1) is 6.54 Å². The molecule has 0 aliphatic rings. The lowest BCUT2D eigenvalue weighted by Gasteiger charge is -2.19. The summed E-state index contributed by atoms with van der Waals surface area (Å²) in [6, 6.07) is 16.6. The lowest BCUT2D eigenvalue weighted by Crippen LogP contribution is -3.00. The van der Waals surface area contributed by atoms with Crippen LogP contribution >= 0.6 is 11.6 Å². The van der Waals surface area contributed by atoms with Gasteiger partial charge in [-0.2, -0.15) is 0 Å². The highest BCUT2D eigenvalue weighted by Gasteiger charge is 2.11. The fourth-order valence-electron chi connectivity index (χ4n) is 3.86. The zero-order chi connectivity index (χ0) is 21.8. The van der Waals surface area contributed by atoms with Crippen molar-refractivity contribution in [1.82, 2.24) is 0 Å². The molecule has 3 aromatic rings. The molecule has 0 amide bonds. The molecule has 0 radical (unpaired) electrons. The molecule has 0 aromatic heterocycles. The number of guanidine groups is 1. The van der Waals surface area contributed by atoms with Gasteiger partial charge in [-0.05, 0) is 81.5 Å². The van der Waals surface area contributed by atoms with Crippen molar-refractivity contribution in [3.63, 3.8) is 0 Å². The fourth-order valence-corrected chi connectivity index (χ4v) is 3.99. The Morgan fingerprint density at radius 3 is 1.48 bits per heavy atom.